The van der Waals surface area contributed by atoms with Crippen LogP contribution >= 0.6 is 11.3 Å². The normalized spacial score (nSPS) is 16.8. The van der Waals surface area contributed by atoms with E-state index in [9.17, 15) is 4.79 Å². The summed E-state index contributed by atoms with van der Waals surface area (Å²) in [6, 6.07) is 10.0. The predicted molar refractivity (Wildman–Crippen MR) is 90.0 cm³/mol. The fourth-order valence-corrected chi connectivity index (χ4v) is 4.65. The molecule has 0 radical (unpaired) electrons. The van der Waals surface area contributed by atoms with Crippen LogP contribution in [-0.4, -0.2) is 17.6 Å². The monoisotopic (exact) mass is 328 g/mol. The molecule has 4 nitrogen and oxygen atoms in total. The van der Waals surface area contributed by atoms with Gasteiger partial charge in [0.05, 0.1) is 21.6 Å². The minimum Gasteiger partial charge on any atom is -0.450 e. The Morgan fingerprint density at radius 1 is 1.30 bits per heavy atom. The Kier molecular flexibility index (Phi) is 4.92. The molecule has 3 rings (SSSR count). The lowest BCUT2D eigenvalue weighted by molar-refractivity contribution is -0.145. The van der Waals surface area contributed by atoms with Gasteiger partial charge in [-0.1, -0.05) is 31.4 Å². The van der Waals surface area contributed by atoms with Crippen LogP contribution in [0.4, 0.5) is 0 Å². The number of hydrogen-bond donors (Lipinski definition) is 0. The summed E-state index contributed by atoms with van der Waals surface area (Å²) in [4.78, 5) is 16.8. The lowest BCUT2D eigenvalue weighted by atomic mass is 9.70. The third-order valence-electron chi connectivity index (χ3n) is 4.60. The third kappa shape index (κ3) is 3.89. The summed E-state index contributed by atoms with van der Waals surface area (Å²) in [6.45, 7) is -0.157. The number of fused-ring (bicyclic) bond motifs is 1. The SMILES string of the molecule is N#CCOC(=O)CC1(Cc2nc3ccccc3s2)CCCCC1. The van der Waals surface area contributed by atoms with E-state index >= 15 is 0 Å². The van der Waals surface area contributed by atoms with Crippen LogP contribution in [0.25, 0.3) is 10.2 Å². The van der Waals surface area contributed by atoms with Crippen molar-refractivity contribution in [2.75, 3.05) is 6.61 Å². The fourth-order valence-electron chi connectivity index (χ4n) is 3.50. The van der Waals surface area contributed by atoms with Crippen LogP contribution < -0.4 is 0 Å². The standard InChI is InChI=1S/C18H20N2O2S/c19-10-11-22-17(21)13-18(8-4-1-5-9-18)12-16-20-14-6-2-3-7-15(14)23-16/h2-3,6-7H,1,4-5,8-9,11-13H2. The quantitative estimate of drug-likeness (QED) is 0.770. The maximum absolute atomic E-state index is 12.0. The Hall–Kier alpha value is -1.93. The maximum Gasteiger partial charge on any atom is 0.307 e. The molecule has 0 saturated heterocycles. The van der Waals surface area contributed by atoms with Gasteiger partial charge in [0, 0.05) is 6.42 Å². The van der Waals surface area contributed by atoms with Gasteiger partial charge in [0.2, 0.25) is 0 Å². The fraction of sp³-hybridized carbons (Fsp3) is 0.500. The Bertz CT molecular complexity index is 693. The van der Waals surface area contributed by atoms with E-state index in [4.69, 9.17) is 15.0 Å². The second-order valence-electron chi connectivity index (χ2n) is 6.31. The lowest BCUT2D eigenvalue weighted by Crippen LogP contribution is -2.30. The highest BCUT2D eigenvalue weighted by atomic mass is 32.1. The topological polar surface area (TPSA) is 63.0 Å². The van der Waals surface area contributed by atoms with E-state index in [2.05, 4.69) is 6.07 Å². The van der Waals surface area contributed by atoms with Gasteiger partial charge in [0.25, 0.3) is 0 Å². The number of nitriles is 1. The molecule has 1 heterocycles. The zero-order valence-electron chi connectivity index (χ0n) is 13.1. The molecule has 0 N–H and O–H groups in total. The van der Waals surface area contributed by atoms with Gasteiger partial charge < -0.3 is 4.74 Å². The third-order valence-corrected chi connectivity index (χ3v) is 5.63. The van der Waals surface area contributed by atoms with Gasteiger partial charge in [-0.05, 0) is 30.4 Å². The summed E-state index contributed by atoms with van der Waals surface area (Å²) in [5, 5.41) is 9.66. The van der Waals surface area contributed by atoms with Crippen molar-refractivity contribution in [2.45, 2.75) is 44.9 Å². The highest BCUT2D eigenvalue weighted by Gasteiger charge is 2.36. The second-order valence-corrected chi connectivity index (χ2v) is 7.42. The number of ether oxygens (including phenoxy) is 1. The molecule has 0 unspecified atom stereocenters. The molecule has 1 saturated carbocycles. The first-order chi connectivity index (χ1) is 11.2. The average Bonchev–Trinajstić information content (AvgIpc) is 2.95. The van der Waals surface area contributed by atoms with Gasteiger partial charge in [-0.25, -0.2) is 4.98 Å². The van der Waals surface area contributed by atoms with Gasteiger partial charge in [0.15, 0.2) is 6.61 Å². The minimum absolute atomic E-state index is 0.0569. The van der Waals surface area contributed by atoms with Crippen LogP contribution in [0.3, 0.4) is 0 Å². The van der Waals surface area contributed by atoms with Crippen molar-refractivity contribution >= 4 is 27.5 Å². The molecule has 5 heteroatoms. The second kappa shape index (κ2) is 7.10. The van der Waals surface area contributed by atoms with E-state index in [1.54, 1.807) is 11.3 Å². The van der Waals surface area contributed by atoms with Crippen LogP contribution in [0.2, 0.25) is 0 Å². The van der Waals surface area contributed by atoms with Crippen molar-refractivity contribution in [1.82, 2.24) is 4.98 Å². The first-order valence-corrected chi connectivity index (χ1v) is 8.89. The number of carbonyl (C=O) groups excluding carboxylic acids is 1. The number of rotatable bonds is 5. The smallest absolute Gasteiger partial charge is 0.307 e. The molecular weight excluding hydrogens is 308 g/mol. The summed E-state index contributed by atoms with van der Waals surface area (Å²) in [6.07, 6.45) is 6.81. The van der Waals surface area contributed by atoms with E-state index in [1.165, 1.54) is 11.1 Å². The van der Waals surface area contributed by atoms with E-state index in [1.807, 2.05) is 24.3 Å². The molecule has 1 aromatic carbocycles. The van der Waals surface area contributed by atoms with Crippen LogP contribution in [0.1, 0.15) is 43.5 Å². The highest BCUT2D eigenvalue weighted by Crippen LogP contribution is 2.43. The molecular formula is C18H20N2O2S. The number of thiazole rings is 1. The van der Waals surface area contributed by atoms with Crippen LogP contribution in [-0.2, 0) is 16.0 Å². The summed E-state index contributed by atoms with van der Waals surface area (Å²) in [5.74, 6) is -0.255. The van der Waals surface area contributed by atoms with E-state index in [-0.39, 0.29) is 18.0 Å². The number of para-hydroxylation sites is 1. The maximum atomic E-state index is 12.0. The van der Waals surface area contributed by atoms with E-state index < -0.39 is 0 Å². The zero-order valence-corrected chi connectivity index (χ0v) is 13.9. The van der Waals surface area contributed by atoms with Gasteiger partial charge in [-0.15, -0.1) is 11.3 Å². The molecule has 1 fully saturated rings. The largest absolute Gasteiger partial charge is 0.450 e. The molecule has 1 aliphatic rings. The molecule has 0 bridgehead atoms. The molecule has 0 aliphatic heterocycles. The van der Waals surface area contributed by atoms with Crippen LogP contribution in [0.15, 0.2) is 24.3 Å². The number of carbonyl (C=O) groups is 1. The number of nitrogens with zero attached hydrogens (tertiary/aromatic N) is 2. The summed E-state index contributed by atoms with van der Waals surface area (Å²) in [5.41, 5.74) is 0.976. The first kappa shape index (κ1) is 15.9. The van der Waals surface area contributed by atoms with E-state index in [0.29, 0.717) is 6.42 Å². The van der Waals surface area contributed by atoms with Crippen LogP contribution in [0.5, 0.6) is 0 Å². The zero-order chi connectivity index (χ0) is 16.1. The molecule has 1 aromatic heterocycles. The predicted octanol–water partition coefficient (Wildman–Crippen LogP) is 4.25. The molecule has 0 atom stereocenters. The number of esters is 1. The average molecular weight is 328 g/mol. The molecule has 2 aromatic rings. The van der Waals surface area contributed by atoms with Crippen molar-refractivity contribution in [1.29, 1.82) is 5.26 Å². The number of hydrogen-bond acceptors (Lipinski definition) is 5. The first-order valence-electron chi connectivity index (χ1n) is 8.08. The number of aromatic nitrogens is 1. The molecule has 0 amide bonds. The van der Waals surface area contributed by atoms with Gasteiger partial charge in [-0.3, -0.25) is 4.79 Å². The summed E-state index contributed by atoms with van der Waals surface area (Å²) < 4.78 is 6.19. The van der Waals surface area contributed by atoms with Crippen molar-refractivity contribution in [3.05, 3.63) is 29.3 Å². The molecule has 23 heavy (non-hydrogen) atoms. The highest BCUT2D eigenvalue weighted by molar-refractivity contribution is 7.18. The molecule has 0 spiro atoms. The summed E-state index contributed by atoms with van der Waals surface area (Å²) in [7, 11) is 0. The van der Waals surface area contributed by atoms with Crippen LogP contribution in [0, 0.1) is 16.7 Å². The molecule has 120 valence electrons. The van der Waals surface area contributed by atoms with Crippen molar-refractivity contribution < 1.29 is 9.53 Å². The Morgan fingerprint density at radius 3 is 2.83 bits per heavy atom. The van der Waals surface area contributed by atoms with Gasteiger partial charge in [-0.2, -0.15) is 5.26 Å². The Labute approximate surface area is 140 Å². The summed E-state index contributed by atoms with van der Waals surface area (Å²) >= 11 is 1.72. The van der Waals surface area contributed by atoms with Crippen molar-refractivity contribution in [3.63, 3.8) is 0 Å². The number of benzene rings is 1. The Balaban J connectivity index is 1.78. The Morgan fingerprint density at radius 2 is 2.09 bits per heavy atom. The van der Waals surface area contributed by atoms with Gasteiger partial charge >= 0.3 is 5.97 Å². The van der Waals surface area contributed by atoms with E-state index in [0.717, 1.165) is 42.6 Å². The minimum atomic E-state index is -0.255. The molecule has 1 aliphatic carbocycles. The van der Waals surface area contributed by atoms with Crippen molar-refractivity contribution in [3.8, 4) is 6.07 Å². The lowest BCUT2D eigenvalue weighted by Gasteiger charge is -2.35. The van der Waals surface area contributed by atoms with Gasteiger partial charge in [0.1, 0.15) is 6.07 Å². The van der Waals surface area contributed by atoms with Crippen molar-refractivity contribution in [2.24, 2.45) is 5.41 Å².